The molecule has 2 N–H and O–H groups in total. The van der Waals surface area contributed by atoms with Crippen LogP contribution in [0.5, 0.6) is 0 Å². The van der Waals surface area contributed by atoms with Gasteiger partial charge in [0.2, 0.25) is 11.9 Å². The third-order valence-electron chi connectivity index (χ3n) is 3.15. The number of carbonyl (C=O) groups excluding carboxylic acids is 1. The number of carboxylic acids is 1. The Labute approximate surface area is 122 Å². The molecule has 0 spiro atoms. The van der Waals surface area contributed by atoms with Gasteiger partial charge < -0.3 is 20.1 Å². The van der Waals surface area contributed by atoms with Gasteiger partial charge in [-0.3, -0.25) is 4.79 Å². The zero-order chi connectivity index (χ0) is 15.1. The zero-order valence-corrected chi connectivity index (χ0v) is 11.6. The van der Waals surface area contributed by atoms with Gasteiger partial charge in [-0.15, -0.1) is 0 Å². The maximum Gasteiger partial charge on any atom is 0.329 e. The SMILES string of the molecule is O=C(O)COCC(=O)NC1CCN(c2ncccn2)CC1. The Morgan fingerprint density at radius 3 is 2.57 bits per heavy atom. The summed E-state index contributed by atoms with van der Waals surface area (Å²) >= 11 is 0. The highest BCUT2D eigenvalue weighted by Gasteiger charge is 2.22. The second-order valence-electron chi connectivity index (χ2n) is 4.76. The lowest BCUT2D eigenvalue weighted by atomic mass is 10.1. The van der Waals surface area contributed by atoms with E-state index in [1.807, 2.05) is 0 Å². The summed E-state index contributed by atoms with van der Waals surface area (Å²) < 4.78 is 4.75. The number of hydrogen-bond donors (Lipinski definition) is 2. The minimum atomic E-state index is -1.08. The van der Waals surface area contributed by atoms with Crippen LogP contribution in [-0.4, -0.2) is 59.3 Å². The quantitative estimate of drug-likeness (QED) is 0.739. The summed E-state index contributed by atoms with van der Waals surface area (Å²) in [5, 5.41) is 11.3. The van der Waals surface area contributed by atoms with Crippen LogP contribution in [0.2, 0.25) is 0 Å². The first-order valence-electron chi connectivity index (χ1n) is 6.76. The van der Waals surface area contributed by atoms with Gasteiger partial charge >= 0.3 is 5.97 Å². The monoisotopic (exact) mass is 294 g/mol. The van der Waals surface area contributed by atoms with Crippen molar-refractivity contribution in [3.8, 4) is 0 Å². The van der Waals surface area contributed by atoms with E-state index in [0.29, 0.717) is 5.95 Å². The number of ether oxygens (including phenoxy) is 1. The molecule has 1 saturated heterocycles. The fourth-order valence-corrected chi connectivity index (χ4v) is 2.18. The summed E-state index contributed by atoms with van der Waals surface area (Å²) in [6.45, 7) is 0.849. The van der Waals surface area contributed by atoms with E-state index in [0.717, 1.165) is 25.9 Å². The van der Waals surface area contributed by atoms with E-state index in [9.17, 15) is 9.59 Å². The van der Waals surface area contributed by atoms with Gasteiger partial charge in [-0.1, -0.05) is 0 Å². The van der Waals surface area contributed by atoms with Crippen LogP contribution in [0.25, 0.3) is 0 Å². The molecule has 0 aliphatic carbocycles. The predicted octanol–water partition coefficient (Wildman–Crippen LogP) is -0.337. The third-order valence-corrected chi connectivity index (χ3v) is 3.15. The van der Waals surface area contributed by atoms with E-state index in [2.05, 4.69) is 20.2 Å². The van der Waals surface area contributed by atoms with Crippen LogP contribution in [0.1, 0.15) is 12.8 Å². The van der Waals surface area contributed by atoms with Gasteiger partial charge in [0.1, 0.15) is 13.2 Å². The molecule has 1 fully saturated rings. The highest BCUT2D eigenvalue weighted by Crippen LogP contribution is 2.15. The number of aromatic nitrogens is 2. The molecule has 0 atom stereocenters. The number of carboxylic acid groups (broad SMARTS) is 1. The number of aliphatic carboxylic acids is 1. The molecule has 1 amide bonds. The molecular formula is C13H18N4O4. The molecule has 8 heteroatoms. The Hall–Kier alpha value is -2.22. The number of piperidine rings is 1. The van der Waals surface area contributed by atoms with Crippen LogP contribution < -0.4 is 10.2 Å². The highest BCUT2D eigenvalue weighted by molar-refractivity contribution is 5.78. The first-order chi connectivity index (χ1) is 10.1. The van der Waals surface area contributed by atoms with E-state index >= 15 is 0 Å². The number of hydrogen-bond acceptors (Lipinski definition) is 6. The summed E-state index contributed by atoms with van der Waals surface area (Å²) in [6.07, 6.45) is 5.00. The van der Waals surface area contributed by atoms with Gasteiger partial charge in [0.15, 0.2) is 0 Å². The molecule has 0 bridgehead atoms. The molecule has 0 unspecified atom stereocenters. The molecule has 1 aromatic heterocycles. The van der Waals surface area contributed by atoms with E-state index in [1.54, 1.807) is 18.5 Å². The van der Waals surface area contributed by atoms with Crippen molar-refractivity contribution < 1.29 is 19.4 Å². The molecule has 0 radical (unpaired) electrons. The minimum absolute atomic E-state index is 0.0749. The van der Waals surface area contributed by atoms with Crippen molar-refractivity contribution in [2.75, 3.05) is 31.2 Å². The lowest BCUT2D eigenvalue weighted by Crippen LogP contribution is -2.46. The minimum Gasteiger partial charge on any atom is -0.480 e. The fourth-order valence-electron chi connectivity index (χ4n) is 2.18. The number of nitrogens with zero attached hydrogens (tertiary/aromatic N) is 3. The summed E-state index contributed by atoms with van der Waals surface area (Å²) in [7, 11) is 0. The number of nitrogens with one attached hydrogen (secondary N) is 1. The maximum atomic E-state index is 11.6. The second kappa shape index (κ2) is 7.53. The van der Waals surface area contributed by atoms with E-state index in [-0.39, 0.29) is 18.6 Å². The standard InChI is InChI=1S/C13H18N4O4/c18-11(8-21-9-12(19)20)16-10-2-6-17(7-3-10)13-14-4-1-5-15-13/h1,4-5,10H,2-3,6-9H2,(H,16,18)(H,19,20). The van der Waals surface area contributed by atoms with Crippen molar-refractivity contribution in [1.29, 1.82) is 0 Å². The first-order valence-corrected chi connectivity index (χ1v) is 6.76. The largest absolute Gasteiger partial charge is 0.480 e. The first kappa shape index (κ1) is 15.2. The van der Waals surface area contributed by atoms with Crippen LogP contribution in [0.15, 0.2) is 18.5 Å². The molecule has 0 aromatic carbocycles. The van der Waals surface area contributed by atoms with E-state index < -0.39 is 12.6 Å². The van der Waals surface area contributed by atoms with Crippen molar-refractivity contribution in [3.05, 3.63) is 18.5 Å². The summed E-state index contributed by atoms with van der Waals surface area (Å²) in [5.74, 6) is -0.670. The van der Waals surface area contributed by atoms with Crippen molar-refractivity contribution in [2.24, 2.45) is 0 Å². The van der Waals surface area contributed by atoms with Crippen LogP contribution in [0.4, 0.5) is 5.95 Å². The molecule has 1 aromatic rings. The number of rotatable bonds is 6. The molecule has 8 nitrogen and oxygen atoms in total. The summed E-state index contributed by atoms with van der Waals surface area (Å²) in [6, 6.07) is 1.85. The van der Waals surface area contributed by atoms with Crippen molar-refractivity contribution in [1.82, 2.24) is 15.3 Å². The highest BCUT2D eigenvalue weighted by atomic mass is 16.5. The summed E-state index contributed by atoms with van der Waals surface area (Å²) in [4.78, 5) is 32.3. The van der Waals surface area contributed by atoms with Gasteiger partial charge in [0.05, 0.1) is 0 Å². The normalized spacial score (nSPS) is 15.7. The molecular weight excluding hydrogens is 276 g/mol. The Balaban J connectivity index is 1.69. The average Bonchev–Trinajstić information content (AvgIpc) is 2.48. The van der Waals surface area contributed by atoms with Crippen molar-refractivity contribution >= 4 is 17.8 Å². The smallest absolute Gasteiger partial charge is 0.329 e. The fraction of sp³-hybridized carbons (Fsp3) is 0.538. The number of anilines is 1. The number of amides is 1. The molecule has 1 aliphatic heterocycles. The second-order valence-corrected chi connectivity index (χ2v) is 4.76. The molecule has 1 aliphatic rings. The van der Waals surface area contributed by atoms with Crippen LogP contribution in [0.3, 0.4) is 0 Å². The van der Waals surface area contributed by atoms with Gasteiger partial charge in [-0.25, -0.2) is 14.8 Å². The van der Waals surface area contributed by atoms with E-state index in [1.165, 1.54) is 0 Å². The molecule has 0 saturated carbocycles. The lowest BCUT2D eigenvalue weighted by Gasteiger charge is -2.32. The van der Waals surface area contributed by atoms with Crippen molar-refractivity contribution in [3.63, 3.8) is 0 Å². The van der Waals surface area contributed by atoms with Gasteiger partial charge in [0.25, 0.3) is 0 Å². The number of carbonyl (C=O) groups is 2. The third kappa shape index (κ3) is 4.99. The van der Waals surface area contributed by atoms with Gasteiger partial charge in [0, 0.05) is 31.5 Å². The van der Waals surface area contributed by atoms with E-state index in [4.69, 9.17) is 9.84 Å². The predicted molar refractivity (Wildman–Crippen MR) is 73.9 cm³/mol. The summed E-state index contributed by atoms with van der Waals surface area (Å²) in [5.41, 5.74) is 0. The average molecular weight is 294 g/mol. The maximum absolute atomic E-state index is 11.6. The van der Waals surface area contributed by atoms with Crippen LogP contribution in [0, 0.1) is 0 Å². The molecule has 21 heavy (non-hydrogen) atoms. The van der Waals surface area contributed by atoms with Gasteiger partial charge in [-0.2, -0.15) is 0 Å². The topological polar surface area (TPSA) is 105 Å². The Kier molecular flexibility index (Phi) is 5.44. The Bertz CT molecular complexity index is 474. The zero-order valence-electron chi connectivity index (χ0n) is 11.6. The van der Waals surface area contributed by atoms with Gasteiger partial charge in [-0.05, 0) is 18.9 Å². The molecule has 2 heterocycles. The van der Waals surface area contributed by atoms with Crippen LogP contribution >= 0.6 is 0 Å². The Morgan fingerprint density at radius 1 is 1.29 bits per heavy atom. The van der Waals surface area contributed by atoms with Crippen LogP contribution in [-0.2, 0) is 14.3 Å². The Morgan fingerprint density at radius 2 is 1.95 bits per heavy atom. The van der Waals surface area contributed by atoms with Crippen molar-refractivity contribution in [2.45, 2.75) is 18.9 Å². The lowest BCUT2D eigenvalue weighted by molar-refractivity contribution is -0.143. The molecule has 114 valence electrons. The molecule has 2 rings (SSSR count).